The monoisotopic (exact) mass is 346 g/mol. The second-order valence-electron chi connectivity index (χ2n) is 5.30. The third-order valence-corrected chi connectivity index (χ3v) is 4.08. The summed E-state index contributed by atoms with van der Waals surface area (Å²) in [6.45, 7) is 4.04. The van der Waals surface area contributed by atoms with E-state index < -0.39 is 0 Å². The van der Waals surface area contributed by atoms with Crippen LogP contribution in [0.1, 0.15) is 30.4 Å². The zero-order chi connectivity index (χ0) is 15.4. The van der Waals surface area contributed by atoms with E-state index in [1.807, 2.05) is 56.3 Å². The van der Waals surface area contributed by atoms with Crippen molar-refractivity contribution in [2.75, 3.05) is 11.1 Å². The lowest BCUT2D eigenvalue weighted by atomic mass is 9.97. The number of rotatable bonds is 4. The van der Waals surface area contributed by atoms with E-state index in [0.717, 1.165) is 27.0 Å². The Morgan fingerprint density at radius 1 is 1.24 bits per heavy atom. The summed E-state index contributed by atoms with van der Waals surface area (Å²) in [5, 5.41) is 2.95. The summed E-state index contributed by atoms with van der Waals surface area (Å²) in [5.41, 5.74) is 9.45. The molecule has 2 rings (SSSR count). The molecule has 0 spiro atoms. The van der Waals surface area contributed by atoms with E-state index in [1.165, 1.54) is 0 Å². The molecule has 0 fully saturated rings. The van der Waals surface area contributed by atoms with Crippen molar-refractivity contribution in [2.24, 2.45) is 0 Å². The van der Waals surface area contributed by atoms with Crippen molar-refractivity contribution in [2.45, 2.75) is 26.2 Å². The first-order valence-electron chi connectivity index (χ1n) is 6.87. The number of carbonyl (C=O) groups excluding carboxylic acids is 1. The predicted molar refractivity (Wildman–Crippen MR) is 91.4 cm³/mol. The molecule has 1 atom stereocenters. The Morgan fingerprint density at radius 2 is 1.90 bits per heavy atom. The van der Waals surface area contributed by atoms with Crippen molar-refractivity contribution in [3.05, 3.63) is 58.1 Å². The maximum absolute atomic E-state index is 12.2. The van der Waals surface area contributed by atoms with Crippen molar-refractivity contribution in [1.82, 2.24) is 0 Å². The molecule has 0 aliphatic rings. The number of halogens is 1. The van der Waals surface area contributed by atoms with Crippen LogP contribution < -0.4 is 11.1 Å². The van der Waals surface area contributed by atoms with E-state index in [1.54, 1.807) is 0 Å². The van der Waals surface area contributed by atoms with Gasteiger partial charge in [0.05, 0.1) is 5.69 Å². The standard InChI is InChI=1S/C17H19BrN2O/c1-11-3-8-15(18)16(9-11)20-17(21)10-12(2)13-4-6-14(19)7-5-13/h3-9,12H,10,19H2,1-2H3,(H,20,21). The van der Waals surface area contributed by atoms with Gasteiger partial charge in [-0.25, -0.2) is 0 Å². The Labute approximate surface area is 133 Å². The second kappa shape index (κ2) is 6.76. The van der Waals surface area contributed by atoms with Gasteiger partial charge in [0.25, 0.3) is 0 Å². The quantitative estimate of drug-likeness (QED) is 0.802. The Kier molecular flexibility index (Phi) is 5.02. The lowest BCUT2D eigenvalue weighted by Crippen LogP contribution is -2.14. The van der Waals surface area contributed by atoms with Gasteiger partial charge in [0, 0.05) is 16.6 Å². The number of nitrogens with one attached hydrogen (secondary N) is 1. The van der Waals surface area contributed by atoms with Crippen LogP contribution in [0.25, 0.3) is 0 Å². The van der Waals surface area contributed by atoms with Crippen LogP contribution in [0.3, 0.4) is 0 Å². The molecule has 0 bridgehead atoms. The van der Waals surface area contributed by atoms with Crippen LogP contribution in [0.5, 0.6) is 0 Å². The molecule has 1 unspecified atom stereocenters. The summed E-state index contributed by atoms with van der Waals surface area (Å²) < 4.78 is 0.890. The molecule has 2 aromatic carbocycles. The molecule has 110 valence electrons. The Balaban J connectivity index is 2.01. The average Bonchev–Trinajstić information content (AvgIpc) is 2.43. The number of benzene rings is 2. The molecule has 4 heteroatoms. The topological polar surface area (TPSA) is 55.1 Å². The van der Waals surface area contributed by atoms with Crippen LogP contribution in [0.2, 0.25) is 0 Å². The second-order valence-corrected chi connectivity index (χ2v) is 6.16. The summed E-state index contributed by atoms with van der Waals surface area (Å²) in [4.78, 5) is 12.2. The molecule has 0 radical (unpaired) electrons. The van der Waals surface area contributed by atoms with E-state index in [9.17, 15) is 4.79 Å². The predicted octanol–water partition coefficient (Wildman–Crippen LogP) is 4.47. The Morgan fingerprint density at radius 3 is 2.57 bits per heavy atom. The van der Waals surface area contributed by atoms with Crippen LogP contribution in [-0.2, 0) is 4.79 Å². The normalized spacial score (nSPS) is 12.0. The van der Waals surface area contributed by atoms with E-state index in [0.29, 0.717) is 6.42 Å². The van der Waals surface area contributed by atoms with Gasteiger partial charge < -0.3 is 11.1 Å². The minimum absolute atomic E-state index is 0.00521. The van der Waals surface area contributed by atoms with Crippen LogP contribution in [0.4, 0.5) is 11.4 Å². The molecule has 21 heavy (non-hydrogen) atoms. The van der Waals surface area contributed by atoms with Crippen molar-refractivity contribution in [3.8, 4) is 0 Å². The lowest BCUT2D eigenvalue weighted by Gasteiger charge is -2.13. The van der Waals surface area contributed by atoms with Crippen molar-refractivity contribution < 1.29 is 4.79 Å². The minimum Gasteiger partial charge on any atom is -0.399 e. The maximum atomic E-state index is 12.2. The van der Waals surface area contributed by atoms with Gasteiger partial charge >= 0.3 is 0 Å². The van der Waals surface area contributed by atoms with Gasteiger partial charge in [-0.2, -0.15) is 0 Å². The summed E-state index contributed by atoms with van der Waals surface area (Å²) in [7, 11) is 0. The van der Waals surface area contributed by atoms with Crippen LogP contribution in [0, 0.1) is 6.92 Å². The SMILES string of the molecule is Cc1ccc(Br)c(NC(=O)CC(C)c2ccc(N)cc2)c1. The average molecular weight is 347 g/mol. The smallest absolute Gasteiger partial charge is 0.225 e. The van der Waals surface area contributed by atoms with E-state index in [4.69, 9.17) is 5.73 Å². The minimum atomic E-state index is 0.00521. The van der Waals surface area contributed by atoms with Gasteiger partial charge in [-0.1, -0.05) is 25.1 Å². The summed E-state index contributed by atoms with van der Waals surface area (Å²) in [6, 6.07) is 13.6. The highest BCUT2D eigenvalue weighted by molar-refractivity contribution is 9.10. The van der Waals surface area contributed by atoms with E-state index in [2.05, 4.69) is 21.2 Å². The number of aryl methyl sites for hydroxylation is 1. The van der Waals surface area contributed by atoms with Crippen molar-refractivity contribution in [3.63, 3.8) is 0 Å². The third kappa shape index (κ3) is 4.33. The Hall–Kier alpha value is -1.81. The molecule has 1 amide bonds. The molecule has 2 aromatic rings. The maximum Gasteiger partial charge on any atom is 0.225 e. The van der Waals surface area contributed by atoms with Gasteiger partial charge in [-0.05, 0) is 64.2 Å². The van der Waals surface area contributed by atoms with Crippen LogP contribution >= 0.6 is 15.9 Å². The first-order chi connectivity index (χ1) is 9.95. The first kappa shape index (κ1) is 15.6. The number of nitrogen functional groups attached to an aromatic ring is 1. The van der Waals surface area contributed by atoms with Gasteiger partial charge in [-0.15, -0.1) is 0 Å². The van der Waals surface area contributed by atoms with Gasteiger partial charge in [0.15, 0.2) is 0 Å². The molecule has 0 aromatic heterocycles. The molecule has 3 nitrogen and oxygen atoms in total. The van der Waals surface area contributed by atoms with Crippen molar-refractivity contribution >= 4 is 33.2 Å². The fourth-order valence-corrected chi connectivity index (χ4v) is 2.50. The fraction of sp³-hybridized carbons (Fsp3) is 0.235. The lowest BCUT2D eigenvalue weighted by molar-refractivity contribution is -0.116. The van der Waals surface area contributed by atoms with E-state index >= 15 is 0 Å². The highest BCUT2D eigenvalue weighted by atomic mass is 79.9. The fourth-order valence-electron chi connectivity index (χ4n) is 2.16. The van der Waals surface area contributed by atoms with Gasteiger partial charge in [0.1, 0.15) is 0 Å². The number of nitrogens with two attached hydrogens (primary N) is 1. The van der Waals surface area contributed by atoms with Crippen LogP contribution in [0.15, 0.2) is 46.9 Å². The number of hydrogen-bond donors (Lipinski definition) is 2. The van der Waals surface area contributed by atoms with Crippen LogP contribution in [-0.4, -0.2) is 5.91 Å². The molecule has 0 saturated carbocycles. The third-order valence-electron chi connectivity index (χ3n) is 3.39. The van der Waals surface area contributed by atoms with E-state index in [-0.39, 0.29) is 11.8 Å². The highest BCUT2D eigenvalue weighted by Gasteiger charge is 2.12. The molecule has 0 heterocycles. The molecule has 0 aliphatic carbocycles. The summed E-state index contributed by atoms with van der Waals surface area (Å²) in [5.74, 6) is 0.153. The molecule has 3 N–H and O–H groups in total. The van der Waals surface area contributed by atoms with Gasteiger partial charge in [0.2, 0.25) is 5.91 Å². The largest absolute Gasteiger partial charge is 0.399 e. The molecule has 0 saturated heterocycles. The number of carbonyl (C=O) groups is 1. The molecular formula is C17H19BrN2O. The molecule has 0 aliphatic heterocycles. The highest BCUT2D eigenvalue weighted by Crippen LogP contribution is 2.25. The number of hydrogen-bond acceptors (Lipinski definition) is 2. The van der Waals surface area contributed by atoms with Crippen molar-refractivity contribution in [1.29, 1.82) is 0 Å². The number of anilines is 2. The zero-order valence-electron chi connectivity index (χ0n) is 12.2. The zero-order valence-corrected chi connectivity index (χ0v) is 13.8. The summed E-state index contributed by atoms with van der Waals surface area (Å²) in [6.07, 6.45) is 0.435. The summed E-state index contributed by atoms with van der Waals surface area (Å²) >= 11 is 3.45. The van der Waals surface area contributed by atoms with Gasteiger partial charge in [-0.3, -0.25) is 4.79 Å². The number of amides is 1. The molecular weight excluding hydrogens is 328 g/mol. The Bertz CT molecular complexity index is 638. The first-order valence-corrected chi connectivity index (χ1v) is 7.66.